The third-order valence-corrected chi connectivity index (χ3v) is 3.18. The lowest BCUT2D eigenvalue weighted by molar-refractivity contribution is 0.159. The highest BCUT2D eigenvalue weighted by atomic mass is 32.1. The SMILES string of the molecule is CN1CCN(/N=C\c2cccs2)CC1. The summed E-state index contributed by atoms with van der Waals surface area (Å²) >= 11 is 1.73. The van der Waals surface area contributed by atoms with E-state index in [4.69, 9.17) is 0 Å². The van der Waals surface area contributed by atoms with E-state index in [1.807, 2.05) is 6.21 Å². The van der Waals surface area contributed by atoms with Crippen LogP contribution in [0.5, 0.6) is 0 Å². The van der Waals surface area contributed by atoms with Crippen LogP contribution in [0, 0.1) is 0 Å². The zero-order valence-corrected chi connectivity index (χ0v) is 9.20. The standard InChI is InChI=1S/C10H15N3S/c1-12-4-6-13(7-5-12)11-9-10-3-2-8-14-10/h2-3,8-9H,4-7H2,1H3/b11-9-. The summed E-state index contributed by atoms with van der Waals surface area (Å²) in [6, 6.07) is 4.14. The first kappa shape index (κ1) is 9.68. The fourth-order valence-electron chi connectivity index (χ4n) is 1.41. The first-order valence-corrected chi connectivity index (χ1v) is 5.73. The predicted molar refractivity (Wildman–Crippen MR) is 61.0 cm³/mol. The largest absolute Gasteiger partial charge is 0.303 e. The molecule has 2 heterocycles. The van der Waals surface area contributed by atoms with Crippen LogP contribution < -0.4 is 0 Å². The van der Waals surface area contributed by atoms with Gasteiger partial charge >= 0.3 is 0 Å². The number of nitrogens with zero attached hydrogens (tertiary/aromatic N) is 3. The van der Waals surface area contributed by atoms with E-state index in [0.717, 1.165) is 26.2 Å². The number of hydrogen-bond donors (Lipinski definition) is 0. The number of hydrazone groups is 1. The van der Waals surface area contributed by atoms with Crippen LogP contribution in [0.15, 0.2) is 22.6 Å². The normalized spacial score (nSPS) is 19.4. The highest BCUT2D eigenvalue weighted by Gasteiger charge is 2.10. The summed E-state index contributed by atoms with van der Waals surface area (Å²) in [4.78, 5) is 3.56. The molecule has 0 radical (unpaired) electrons. The van der Waals surface area contributed by atoms with Gasteiger partial charge in [-0.05, 0) is 18.5 Å². The molecular formula is C10H15N3S. The molecule has 1 aliphatic rings. The van der Waals surface area contributed by atoms with Crippen molar-refractivity contribution in [1.82, 2.24) is 9.91 Å². The first-order valence-electron chi connectivity index (χ1n) is 4.85. The first-order chi connectivity index (χ1) is 6.84. The van der Waals surface area contributed by atoms with Crippen molar-refractivity contribution in [2.45, 2.75) is 0 Å². The summed E-state index contributed by atoms with van der Waals surface area (Å²) in [5.41, 5.74) is 0. The molecule has 4 heteroatoms. The molecule has 0 N–H and O–H groups in total. The maximum Gasteiger partial charge on any atom is 0.0642 e. The minimum Gasteiger partial charge on any atom is -0.303 e. The van der Waals surface area contributed by atoms with Gasteiger partial charge in [0.1, 0.15) is 0 Å². The molecule has 3 nitrogen and oxygen atoms in total. The lowest BCUT2D eigenvalue weighted by Gasteiger charge is -2.30. The third kappa shape index (κ3) is 2.56. The number of piperazine rings is 1. The Morgan fingerprint density at radius 3 is 2.79 bits per heavy atom. The zero-order chi connectivity index (χ0) is 9.80. The van der Waals surface area contributed by atoms with Crippen LogP contribution in [-0.2, 0) is 0 Å². The molecule has 2 rings (SSSR count). The van der Waals surface area contributed by atoms with Gasteiger partial charge in [0.25, 0.3) is 0 Å². The van der Waals surface area contributed by atoms with Crippen LogP contribution in [0.2, 0.25) is 0 Å². The Labute approximate surface area is 88.6 Å². The van der Waals surface area contributed by atoms with Crippen molar-refractivity contribution in [3.63, 3.8) is 0 Å². The van der Waals surface area contributed by atoms with Crippen molar-refractivity contribution in [3.05, 3.63) is 22.4 Å². The second-order valence-electron chi connectivity index (χ2n) is 3.52. The lowest BCUT2D eigenvalue weighted by atomic mass is 10.4. The molecule has 1 fully saturated rings. The molecule has 1 aromatic heterocycles. The summed E-state index contributed by atoms with van der Waals surface area (Å²) in [7, 11) is 2.15. The number of thiophene rings is 1. The smallest absolute Gasteiger partial charge is 0.0642 e. The van der Waals surface area contributed by atoms with Gasteiger partial charge in [-0.3, -0.25) is 5.01 Å². The topological polar surface area (TPSA) is 18.8 Å². The Hall–Kier alpha value is -0.870. The molecule has 76 valence electrons. The molecule has 1 aliphatic heterocycles. The quantitative estimate of drug-likeness (QED) is 0.684. The van der Waals surface area contributed by atoms with E-state index in [1.165, 1.54) is 4.88 Å². The van der Waals surface area contributed by atoms with Crippen molar-refractivity contribution in [2.75, 3.05) is 33.2 Å². The van der Waals surface area contributed by atoms with Crippen LogP contribution >= 0.6 is 11.3 Å². The van der Waals surface area contributed by atoms with Gasteiger partial charge in [-0.25, -0.2) is 0 Å². The molecular weight excluding hydrogens is 194 g/mol. The molecule has 0 spiro atoms. The summed E-state index contributed by atoms with van der Waals surface area (Å²) in [6.45, 7) is 4.31. The van der Waals surface area contributed by atoms with Crippen LogP contribution in [0.4, 0.5) is 0 Å². The highest BCUT2D eigenvalue weighted by molar-refractivity contribution is 7.11. The molecule has 14 heavy (non-hydrogen) atoms. The van der Waals surface area contributed by atoms with E-state index in [2.05, 4.69) is 39.6 Å². The van der Waals surface area contributed by atoms with Crippen molar-refractivity contribution in [2.24, 2.45) is 5.10 Å². The van der Waals surface area contributed by atoms with E-state index in [9.17, 15) is 0 Å². The number of hydrogen-bond acceptors (Lipinski definition) is 4. The van der Waals surface area contributed by atoms with E-state index in [1.54, 1.807) is 11.3 Å². The van der Waals surface area contributed by atoms with E-state index in [-0.39, 0.29) is 0 Å². The van der Waals surface area contributed by atoms with Gasteiger partial charge in [0.05, 0.1) is 6.21 Å². The summed E-state index contributed by atoms with van der Waals surface area (Å²) in [5.74, 6) is 0. The Morgan fingerprint density at radius 1 is 1.36 bits per heavy atom. The summed E-state index contributed by atoms with van der Waals surface area (Å²) in [6.07, 6.45) is 1.95. The molecule has 0 atom stereocenters. The summed E-state index contributed by atoms with van der Waals surface area (Å²) < 4.78 is 0. The van der Waals surface area contributed by atoms with Gasteiger partial charge in [0, 0.05) is 31.1 Å². The number of likely N-dealkylation sites (N-methyl/N-ethyl adjacent to an activating group) is 1. The second-order valence-corrected chi connectivity index (χ2v) is 4.50. The maximum absolute atomic E-state index is 4.45. The van der Waals surface area contributed by atoms with Crippen LogP contribution in [-0.4, -0.2) is 49.4 Å². The van der Waals surface area contributed by atoms with E-state index >= 15 is 0 Å². The third-order valence-electron chi connectivity index (χ3n) is 2.37. The fraction of sp³-hybridized carbons (Fsp3) is 0.500. The van der Waals surface area contributed by atoms with Crippen LogP contribution in [0.1, 0.15) is 4.88 Å². The summed E-state index contributed by atoms with van der Waals surface area (Å²) in [5, 5.41) is 8.67. The molecule has 1 aromatic rings. The Bertz CT molecular complexity index is 286. The Morgan fingerprint density at radius 2 is 2.14 bits per heavy atom. The second kappa shape index (κ2) is 4.57. The van der Waals surface area contributed by atoms with Crippen molar-refractivity contribution in [1.29, 1.82) is 0 Å². The van der Waals surface area contributed by atoms with Crippen molar-refractivity contribution < 1.29 is 0 Å². The minimum atomic E-state index is 1.04. The van der Waals surface area contributed by atoms with E-state index in [0.29, 0.717) is 0 Å². The Kier molecular flexibility index (Phi) is 3.16. The molecule has 0 aliphatic carbocycles. The van der Waals surface area contributed by atoms with Gasteiger partial charge in [0.2, 0.25) is 0 Å². The highest BCUT2D eigenvalue weighted by Crippen LogP contribution is 2.06. The average molecular weight is 209 g/mol. The van der Waals surface area contributed by atoms with Gasteiger partial charge in [0.15, 0.2) is 0 Å². The van der Waals surface area contributed by atoms with Crippen molar-refractivity contribution in [3.8, 4) is 0 Å². The molecule has 0 unspecified atom stereocenters. The number of rotatable bonds is 2. The van der Waals surface area contributed by atoms with Gasteiger partial charge in [-0.2, -0.15) is 5.10 Å². The zero-order valence-electron chi connectivity index (χ0n) is 8.39. The van der Waals surface area contributed by atoms with Gasteiger partial charge in [-0.15, -0.1) is 11.3 Å². The monoisotopic (exact) mass is 209 g/mol. The minimum absolute atomic E-state index is 1.04. The lowest BCUT2D eigenvalue weighted by Crippen LogP contribution is -2.41. The predicted octanol–water partition coefficient (Wildman–Crippen LogP) is 1.33. The maximum atomic E-state index is 4.45. The Balaban J connectivity index is 1.86. The molecule has 0 bridgehead atoms. The average Bonchev–Trinajstić information content (AvgIpc) is 2.70. The van der Waals surface area contributed by atoms with E-state index < -0.39 is 0 Å². The van der Waals surface area contributed by atoms with Crippen molar-refractivity contribution >= 4 is 17.6 Å². The van der Waals surface area contributed by atoms with Gasteiger partial charge in [-0.1, -0.05) is 6.07 Å². The van der Waals surface area contributed by atoms with Gasteiger partial charge < -0.3 is 4.90 Å². The fourth-order valence-corrected chi connectivity index (χ4v) is 1.99. The molecule has 1 saturated heterocycles. The van der Waals surface area contributed by atoms with Crippen LogP contribution in [0.3, 0.4) is 0 Å². The molecule has 0 saturated carbocycles. The van der Waals surface area contributed by atoms with Crippen LogP contribution in [0.25, 0.3) is 0 Å². The molecule has 0 aromatic carbocycles. The molecule has 0 amide bonds.